The number of carbonyl (C=O) groups is 2. The molecule has 0 saturated carbocycles. The van der Waals surface area contributed by atoms with E-state index in [0.717, 1.165) is 34.3 Å². The Hall–Kier alpha value is -3.71. The van der Waals surface area contributed by atoms with Crippen LogP contribution in [0.25, 0.3) is 27.3 Å². The van der Waals surface area contributed by atoms with Crippen LogP contribution in [0, 0.1) is 5.92 Å². The zero-order chi connectivity index (χ0) is 22.5. The summed E-state index contributed by atoms with van der Waals surface area (Å²) < 4.78 is 1.92. The maximum Gasteiger partial charge on any atom is 0.233 e. The summed E-state index contributed by atoms with van der Waals surface area (Å²) in [5, 5.41) is 10.1. The molecule has 3 aromatic heterocycles. The lowest BCUT2D eigenvalue weighted by Crippen LogP contribution is -2.14. The average Bonchev–Trinajstić information content (AvgIpc) is 3.44. The Kier molecular flexibility index (Phi) is 4.66. The number of carbonyl (C=O) groups excluding carboxylic acids is 2. The lowest BCUT2D eigenvalue weighted by atomic mass is 9.89. The molecule has 6 rings (SSSR count). The molecule has 5 aromatic rings. The van der Waals surface area contributed by atoms with Crippen LogP contribution in [0.1, 0.15) is 44.5 Å². The van der Waals surface area contributed by atoms with E-state index in [4.69, 9.17) is 4.98 Å². The van der Waals surface area contributed by atoms with E-state index >= 15 is 0 Å². The van der Waals surface area contributed by atoms with Gasteiger partial charge in [0.1, 0.15) is 11.2 Å². The van der Waals surface area contributed by atoms with Gasteiger partial charge in [0.2, 0.25) is 11.6 Å². The van der Waals surface area contributed by atoms with Gasteiger partial charge in [0.15, 0.2) is 11.5 Å². The van der Waals surface area contributed by atoms with Crippen molar-refractivity contribution in [3.8, 4) is 11.4 Å². The van der Waals surface area contributed by atoms with Crippen molar-refractivity contribution in [2.45, 2.75) is 26.2 Å². The molecule has 0 bridgehead atoms. The molecule has 1 aliphatic rings. The van der Waals surface area contributed by atoms with E-state index in [2.05, 4.69) is 17.1 Å². The van der Waals surface area contributed by atoms with Gasteiger partial charge in [0.25, 0.3) is 0 Å². The SMILES string of the molecule is CC1CCc2c(sc3ncn4c(-c5ccc(C(=O)C(=O)c6ccccc6)cc5)nnc4c23)C1. The molecule has 0 amide bonds. The number of aromatic nitrogens is 4. The number of ketones is 2. The van der Waals surface area contributed by atoms with Gasteiger partial charge in [-0.15, -0.1) is 21.5 Å². The van der Waals surface area contributed by atoms with Crippen molar-refractivity contribution in [3.63, 3.8) is 0 Å². The number of benzene rings is 2. The lowest BCUT2D eigenvalue weighted by molar-refractivity contribution is 0.0817. The predicted molar refractivity (Wildman–Crippen MR) is 128 cm³/mol. The van der Waals surface area contributed by atoms with Crippen LogP contribution >= 0.6 is 11.3 Å². The molecule has 6 nitrogen and oxygen atoms in total. The summed E-state index contributed by atoms with van der Waals surface area (Å²) in [5.41, 5.74) is 3.73. The fourth-order valence-corrected chi connectivity index (χ4v) is 5.90. The first-order valence-corrected chi connectivity index (χ1v) is 11.8. The third-order valence-corrected chi connectivity index (χ3v) is 7.51. The smallest absolute Gasteiger partial charge is 0.233 e. The van der Waals surface area contributed by atoms with Crippen molar-refractivity contribution in [3.05, 3.63) is 82.5 Å². The Morgan fingerprint density at radius 1 is 0.970 bits per heavy atom. The molecule has 33 heavy (non-hydrogen) atoms. The normalized spacial score (nSPS) is 15.6. The first-order chi connectivity index (χ1) is 16.1. The van der Waals surface area contributed by atoms with Gasteiger partial charge in [0.05, 0.1) is 5.39 Å². The highest BCUT2D eigenvalue weighted by Gasteiger charge is 2.24. The minimum Gasteiger partial charge on any atom is -0.285 e. The third kappa shape index (κ3) is 3.27. The summed E-state index contributed by atoms with van der Waals surface area (Å²) >= 11 is 1.77. The quantitative estimate of drug-likeness (QED) is 0.277. The summed E-state index contributed by atoms with van der Waals surface area (Å²) in [7, 11) is 0. The van der Waals surface area contributed by atoms with Crippen molar-refractivity contribution < 1.29 is 9.59 Å². The van der Waals surface area contributed by atoms with Gasteiger partial charge in [0, 0.05) is 21.6 Å². The molecule has 2 aromatic carbocycles. The van der Waals surface area contributed by atoms with Crippen LogP contribution in [-0.2, 0) is 12.8 Å². The molecule has 3 heterocycles. The lowest BCUT2D eigenvalue weighted by Gasteiger charge is -2.17. The number of hydrogen-bond acceptors (Lipinski definition) is 6. The standard InChI is InChI=1S/C26H20N4O2S/c1-15-7-12-19-20(13-15)33-26-21(19)25-29-28-24(30(25)14-27-26)18-10-8-17(9-11-18)23(32)22(31)16-5-3-2-4-6-16/h2-6,8-11,14-15H,7,12-13H2,1H3. The van der Waals surface area contributed by atoms with Gasteiger partial charge in [-0.1, -0.05) is 61.5 Å². The molecule has 162 valence electrons. The summed E-state index contributed by atoms with van der Waals surface area (Å²) in [5.74, 6) is 0.322. The molecule has 7 heteroatoms. The Balaban J connectivity index is 1.36. The van der Waals surface area contributed by atoms with Crippen LogP contribution in [0.3, 0.4) is 0 Å². The van der Waals surface area contributed by atoms with Crippen LogP contribution in [0.5, 0.6) is 0 Å². The largest absolute Gasteiger partial charge is 0.285 e. The highest BCUT2D eigenvalue weighted by molar-refractivity contribution is 7.19. The molecular weight excluding hydrogens is 432 g/mol. The number of thiophene rings is 1. The minimum absolute atomic E-state index is 0.350. The minimum atomic E-state index is -0.527. The number of Topliss-reactive ketones (excluding diaryl/α,β-unsaturated/α-hetero) is 2. The fraction of sp³-hybridized carbons (Fsp3) is 0.192. The van der Waals surface area contributed by atoms with Crippen LogP contribution < -0.4 is 0 Å². The van der Waals surface area contributed by atoms with Gasteiger partial charge in [-0.05, 0) is 30.7 Å². The topological polar surface area (TPSA) is 77.2 Å². The van der Waals surface area contributed by atoms with Crippen LogP contribution in [0.15, 0.2) is 60.9 Å². The number of fused-ring (bicyclic) bond motifs is 5. The second kappa shape index (κ2) is 7.71. The van der Waals surface area contributed by atoms with E-state index in [1.54, 1.807) is 66.2 Å². The Labute approximate surface area is 193 Å². The van der Waals surface area contributed by atoms with E-state index in [-0.39, 0.29) is 0 Å². The first kappa shape index (κ1) is 19.9. The summed E-state index contributed by atoms with van der Waals surface area (Å²) in [6, 6.07) is 15.5. The van der Waals surface area contributed by atoms with Crippen LogP contribution in [0.2, 0.25) is 0 Å². The van der Waals surface area contributed by atoms with Crippen molar-refractivity contribution >= 4 is 38.8 Å². The monoisotopic (exact) mass is 452 g/mol. The number of aryl methyl sites for hydroxylation is 1. The zero-order valence-electron chi connectivity index (χ0n) is 18.0. The molecule has 0 spiro atoms. The van der Waals surface area contributed by atoms with Gasteiger partial charge >= 0.3 is 0 Å². The van der Waals surface area contributed by atoms with Crippen molar-refractivity contribution in [1.29, 1.82) is 0 Å². The zero-order valence-corrected chi connectivity index (χ0v) is 18.8. The van der Waals surface area contributed by atoms with Crippen molar-refractivity contribution in [1.82, 2.24) is 19.6 Å². The van der Waals surface area contributed by atoms with E-state index < -0.39 is 11.6 Å². The predicted octanol–water partition coefficient (Wildman–Crippen LogP) is 5.20. The Morgan fingerprint density at radius 2 is 1.70 bits per heavy atom. The van der Waals surface area contributed by atoms with E-state index in [9.17, 15) is 9.59 Å². The summed E-state index contributed by atoms with van der Waals surface area (Å²) in [6.45, 7) is 2.30. The summed E-state index contributed by atoms with van der Waals surface area (Å²) in [4.78, 5) is 32.3. The highest BCUT2D eigenvalue weighted by atomic mass is 32.1. The third-order valence-electron chi connectivity index (χ3n) is 6.35. The second-order valence-electron chi connectivity index (χ2n) is 8.60. The van der Waals surface area contributed by atoms with E-state index in [1.807, 2.05) is 10.5 Å². The maximum atomic E-state index is 12.6. The fourth-order valence-electron chi connectivity index (χ4n) is 4.56. The number of nitrogens with zero attached hydrogens (tertiary/aromatic N) is 4. The van der Waals surface area contributed by atoms with Crippen molar-refractivity contribution in [2.75, 3.05) is 0 Å². The van der Waals surface area contributed by atoms with Crippen molar-refractivity contribution in [2.24, 2.45) is 5.92 Å². The van der Waals surface area contributed by atoms with E-state index in [1.165, 1.54) is 16.9 Å². The van der Waals surface area contributed by atoms with Crippen LogP contribution in [0.4, 0.5) is 0 Å². The molecular formula is C26H20N4O2S. The average molecular weight is 453 g/mol. The van der Waals surface area contributed by atoms with Gasteiger partial charge in [-0.3, -0.25) is 14.0 Å². The number of rotatable bonds is 4. The summed E-state index contributed by atoms with van der Waals surface area (Å²) in [6.07, 6.45) is 5.10. The molecule has 1 unspecified atom stereocenters. The molecule has 1 atom stereocenters. The molecule has 0 fully saturated rings. The Morgan fingerprint density at radius 3 is 2.45 bits per heavy atom. The Bertz CT molecular complexity index is 1530. The molecule has 1 aliphatic carbocycles. The molecule has 0 saturated heterocycles. The number of hydrogen-bond donors (Lipinski definition) is 0. The second-order valence-corrected chi connectivity index (χ2v) is 9.68. The van der Waals surface area contributed by atoms with E-state index in [0.29, 0.717) is 22.9 Å². The molecule has 0 radical (unpaired) electrons. The van der Waals surface area contributed by atoms with Crippen LogP contribution in [-0.4, -0.2) is 31.1 Å². The van der Waals surface area contributed by atoms with Gasteiger partial charge in [-0.25, -0.2) is 4.98 Å². The highest BCUT2D eigenvalue weighted by Crippen LogP contribution is 2.39. The molecule has 0 N–H and O–H groups in total. The van der Waals surface area contributed by atoms with Gasteiger partial charge < -0.3 is 0 Å². The maximum absolute atomic E-state index is 12.6. The molecule has 0 aliphatic heterocycles. The van der Waals surface area contributed by atoms with Gasteiger partial charge in [-0.2, -0.15) is 0 Å². The first-order valence-electron chi connectivity index (χ1n) is 11.0.